The molecule has 0 aliphatic carbocycles. The Morgan fingerprint density at radius 1 is 1.13 bits per heavy atom. The third-order valence-electron chi connectivity index (χ3n) is 4.26. The van der Waals surface area contributed by atoms with Crippen molar-refractivity contribution in [1.82, 2.24) is 25.3 Å². The Hall–Kier alpha value is -3.49. The van der Waals surface area contributed by atoms with Gasteiger partial charge in [0.25, 0.3) is 5.91 Å². The van der Waals surface area contributed by atoms with Crippen molar-refractivity contribution in [2.75, 3.05) is 6.54 Å². The quantitative estimate of drug-likeness (QED) is 0.427. The highest BCUT2D eigenvalue weighted by molar-refractivity contribution is 5.86. The van der Waals surface area contributed by atoms with Gasteiger partial charge in [-0.05, 0) is 36.6 Å². The molecule has 0 saturated heterocycles. The van der Waals surface area contributed by atoms with Gasteiger partial charge in [-0.1, -0.05) is 41.6 Å². The Morgan fingerprint density at radius 2 is 1.93 bits per heavy atom. The second kappa shape index (κ2) is 9.82. The van der Waals surface area contributed by atoms with Gasteiger partial charge in [0.2, 0.25) is 5.95 Å². The molecular formula is C21H20F3N5O. The van der Waals surface area contributed by atoms with Crippen molar-refractivity contribution < 1.29 is 18.0 Å². The van der Waals surface area contributed by atoms with Crippen molar-refractivity contribution >= 4 is 12.0 Å². The first-order valence-electron chi connectivity index (χ1n) is 9.37. The van der Waals surface area contributed by atoms with Gasteiger partial charge in [0.15, 0.2) is 0 Å². The zero-order valence-electron chi connectivity index (χ0n) is 16.0. The Balaban J connectivity index is 1.41. The highest BCUT2D eigenvalue weighted by atomic mass is 19.3. The number of unbranched alkanes of at least 4 members (excludes halogenated alkanes) is 1. The monoisotopic (exact) mass is 415 g/mol. The van der Waals surface area contributed by atoms with Gasteiger partial charge >= 0.3 is 5.92 Å². The zero-order valence-corrected chi connectivity index (χ0v) is 16.0. The smallest absolute Gasteiger partial charge is 0.343 e. The summed E-state index contributed by atoms with van der Waals surface area (Å²) in [4.78, 5) is 15.3. The molecule has 1 aromatic carbocycles. The fourth-order valence-electron chi connectivity index (χ4n) is 2.67. The Labute approximate surface area is 171 Å². The first-order chi connectivity index (χ1) is 14.5. The number of carbonyl (C=O) groups excluding carboxylic acids is 1. The minimum absolute atomic E-state index is 0.104. The van der Waals surface area contributed by atoms with Gasteiger partial charge in [-0.15, -0.1) is 5.10 Å². The van der Waals surface area contributed by atoms with Gasteiger partial charge in [0, 0.05) is 19.3 Å². The Morgan fingerprint density at radius 3 is 2.70 bits per heavy atom. The van der Waals surface area contributed by atoms with Gasteiger partial charge in [-0.3, -0.25) is 9.48 Å². The number of rotatable bonds is 9. The zero-order chi connectivity index (χ0) is 21.4. The first kappa shape index (κ1) is 21.2. The Kier molecular flexibility index (Phi) is 6.95. The van der Waals surface area contributed by atoms with Crippen molar-refractivity contribution in [2.24, 2.45) is 0 Å². The summed E-state index contributed by atoms with van der Waals surface area (Å²) in [6.07, 6.45) is 5.78. The molecule has 0 aliphatic rings. The summed E-state index contributed by atoms with van der Waals surface area (Å²) in [6, 6.07) is 11.7. The van der Waals surface area contributed by atoms with Gasteiger partial charge in [-0.25, -0.2) is 4.98 Å². The molecule has 1 amide bonds. The highest BCUT2D eigenvalue weighted by Crippen LogP contribution is 2.19. The van der Waals surface area contributed by atoms with E-state index in [0.29, 0.717) is 36.7 Å². The fourth-order valence-corrected chi connectivity index (χ4v) is 2.67. The van der Waals surface area contributed by atoms with Crippen molar-refractivity contribution in [1.29, 1.82) is 0 Å². The predicted octanol–water partition coefficient (Wildman–Crippen LogP) is 3.72. The van der Waals surface area contributed by atoms with E-state index in [1.165, 1.54) is 17.0 Å². The number of hydrogen-bond donors (Lipinski definition) is 1. The number of halogens is 3. The third-order valence-corrected chi connectivity index (χ3v) is 4.26. The number of alkyl halides is 2. The summed E-state index contributed by atoms with van der Waals surface area (Å²) in [5, 5.41) is 10.1. The number of aryl methyl sites for hydroxylation is 1. The maximum Gasteiger partial charge on any atom is 0.343 e. The van der Waals surface area contributed by atoms with E-state index in [1.54, 1.807) is 48.7 Å². The standard InChI is InChI=1S/C21H20F3N5O/c22-19-17(9-6-13-25-19)18-15-29(28-27-18)14-5-4-12-26-20(30)21(23,24)11-10-16-7-2-1-3-8-16/h1-3,6-11,13,15H,4-5,12,14H2,(H,26,30)/b11-10+. The molecule has 9 heteroatoms. The molecule has 1 N–H and O–H groups in total. The lowest BCUT2D eigenvalue weighted by Gasteiger charge is -2.12. The number of nitrogens with one attached hydrogen (secondary N) is 1. The molecule has 6 nitrogen and oxygen atoms in total. The second-order valence-electron chi connectivity index (χ2n) is 6.54. The minimum Gasteiger partial charge on any atom is -0.351 e. The van der Waals surface area contributed by atoms with Crippen LogP contribution in [0.4, 0.5) is 13.2 Å². The number of aromatic nitrogens is 4. The molecule has 0 bridgehead atoms. The predicted molar refractivity (Wildman–Crippen MR) is 106 cm³/mol. The number of nitrogens with zero attached hydrogens (tertiary/aromatic N) is 4. The highest BCUT2D eigenvalue weighted by Gasteiger charge is 2.35. The van der Waals surface area contributed by atoms with Crippen LogP contribution in [0.3, 0.4) is 0 Å². The number of amides is 1. The molecule has 0 saturated carbocycles. The molecular weight excluding hydrogens is 395 g/mol. The summed E-state index contributed by atoms with van der Waals surface area (Å²) in [7, 11) is 0. The van der Waals surface area contributed by atoms with Crippen LogP contribution in [0.25, 0.3) is 17.3 Å². The van der Waals surface area contributed by atoms with Crippen LogP contribution >= 0.6 is 0 Å². The fraction of sp³-hybridized carbons (Fsp3) is 0.238. The Bertz CT molecular complexity index is 1000. The maximum atomic E-state index is 13.9. The largest absolute Gasteiger partial charge is 0.351 e. The molecule has 0 atom stereocenters. The lowest BCUT2D eigenvalue weighted by molar-refractivity contribution is -0.139. The van der Waals surface area contributed by atoms with E-state index in [0.717, 1.165) is 0 Å². The summed E-state index contributed by atoms with van der Waals surface area (Å²) in [6.45, 7) is 0.557. The van der Waals surface area contributed by atoms with Gasteiger partial charge in [0.1, 0.15) is 5.69 Å². The SMILES string of the molecule is O=C(NCCCCn1cc(-c2cccnc2F)nn1)C(F)(F)/C=C/c1ccccc1. The van der Waals surface area contributed by atoms with E-state index in [9.17, 15) is 18.0 Å². The number of carbonyl (C=O) groups is 1. The summed E-state index contributed by atoms with van der Waals surface area (Å²) < 4.78 is 43.0. The minimum atomic E-state index is -3.59. The van der Waals surface area contributed by atoms with Crippen LogP contribution in [0.2, 0.25) is 0 Å². The summed E-state index contributed by atoms with van der Waals surface area (Å²) in [5.41, 5.74) is 1.20. The van der Waals surface area contributed by atoms with Crippen LogP contribution < -0.4 is 5.32 Å². The molecule has 2 heterocycles. The maximum absolute atomic E-state index is 13.9. The summed E-state index contributed by atoms with van der Waals surface area (Å²) >= 11 is 0. The van der Waals surface area contributed by atoms with Gasteiger partial charge in [-0.2, -0.15) is 13.2 Å². The topological polar surface area (TPSA) is 72.7 Å². The van der Waals surface area contributed by atoms with Gasteiger partial charge in [0.05, 0.1) is 11.8 Å². The van der Waals surface area contributed by atoms with E-state index in [1.807, 2.05) is 0 Å². The number of benzene rings is 1. The van der Waals surface area contributed by atoms with Crippen LogP contribution in [0.1, 0.15) is 18.4 Å². The van der Waals surface area contributed by atoms with E-state index < -0.39 is 17.8 Å². The molecule has 0 fully saturated rings. The number of pyridine rings is 1. The van der Waals surface area contributed by atoms with Crippen LogP contribution in [0, 0.1) is 5.95 Å². The molecule has 0 aliphatic heterocycles. The molecule has 156 valence electrons. The molecule has 0 unspecified atom stereocenters. The molecule has 3 aromatic rings. The molecule has 3 rings (SSSR count). The molecule has 0 radical (unpaired) electrons. The van der Waals surface area contributed by atoms with E-state index in [2.05, 4.69) is 20.6 Å². The molecule has 0 spiro atoms. The van der Waals surface area contributed by atoms with Crippen molar-refractivity contribution in [2.45, 2.75) is 25.3 Å². The van der Waals surface area contributed by atoms with E-state index >= 15 is 0 Å². The first-order valence-corrected chi connectivity index (χ1v) is 9.37. The average molecular weight is 415 g/mol. The summed E-state index contributed by atoms with van der Waals surface area (Å²) in [5.74, 6) is -5.57. The normalized spacial score (nSPS) is 11.7. The van der Waals surface area contributed by atoms with Crippen molar-refractivity contribution in [3.63, 3.8) is 0 Å². The van der Waals surface area contributed by atoms with Crippen LogP contribution in [-0.4, -0.2) is 38.4 Å². The van der Waals surface area contributed by atoms with Gasteiger partial charge < -0.3 is 5.32 Å². The van der Waals surface area contributed by atoms with E-state index in [4.69, 9.17) is 0 Å². The van der Waals surface area contributed by atoms with Crippen molar-refractivity contribution in [3.05, 3.63) is 72.4 Å². The van der Waals surface area contributed by atoms with Crippen molar-refractivity contribution in [3.8, 4) is 11.3 Å². The number of hydrogen-bond acceptors (Lipinski definition) is 4. The van der Waals surface area contributed by atoms with Crippen LogP contribution in [-0.2, 0) is 11.3 Å². The second-order valence-corrected chi connectivity index (χ2v) is 6.54. The lowest BCUT2D eigenvalue weighted by Crippen LogP contribution is -2.39. The third kappa shape index (κ3) is 5.76. The average Bonchev–Trinajstić information content (AvgIpc) is 3.21. The molecule has 30 heavy (non-hydrogen) atoms. The van der Waals surface area contributed by atoms with E-state index in [-0.39, 0.29) is 12.1 Å². The van der Waals surface area contributed by atoms with Crippen LogP contribution in [0.5, 0.6) is 0 Å². The lowest BCUT2D eigenvalue weighted by atomic mass is 10.2. The van der Waals surface area contributed by atoms with Crippen LogP contribution in [0.15, 0.2) is 60.9 Å². The molecule has 2 aromatic heterocycles.